The van der Waals surface area contributed by atoms with E-state index < -0.39 is 24.2 Å². The van der Waals surface area contributed by atoms with Crippen molar-refractivity contribution >= 4 is 40.2 Å². The molecule has 3 atom stereocenters. The highest BCUT2D eigenvalue weighted by Crippen LogP contribution is 2.38. The standard InChI is InChI=1S/C28H39IN2O8/c1-17(34)6-5-9-25(35)31(20-7-3-4-8-20)22-14-19(28(37)30-10-11-32)15-23(26(22)36)39-27-21(29)12-18(16-33)13-24(27)38-2/h12-13,15,20,22-23,26,32-33,36H,3-11,14,16H2,1-2H3,(H,30,37). The Balaban J connectivity index is 1.98. The number of ketones is 1. The molecule has 0 radical (unpaired) electrons. The van der Waals surface area contributed by atoms with Gasteiger partial charge < -0.3 is 39.8 Å². The summed E-state index contributed by atoms with van der Waals surface area (Å²) >= 11 is 2.06. The zero-order chi connectivity index (χ0) is 28.5. The lowest BCUT2D eigenvalue weighted by Crippen LogP contribution is -2.57. The number of benzene rings is 1. The summed E-state index contributed by atoms with van der Waals surface area (Å²) < 4.78 is 12.4. The highest BCUT2D eigenvalue weighted by molar-refractivity contribution is 14.1. The van der Waals surface area contributed by atoms with Crippen molar-refractivity contribution in [2.75, 3.05) is 20.3 Å². The van der Waals surface area contributed by atoms with E-state index in [4.69, 9.17) is 9.47 Å². The molecule has 3 unspecified atom stereocenters. The minimum absolute atomic E-state index is 0.0166. The molecule has 216 valence electrons. The topological polar surface area (TPSA) is 146 Å². The number of aliphatic hydroxyl groups is 3. The van der Waals surface area contributed by atoms with E-state index in [1.807, 2.05) is 0 Å². The number of nitrogens with one attached hydrogen (secondary N) is 1. The lowest BCUT2D eigenvalue weighted by atomic mass is 9.87. The Bertz CT molecular complexity index is 1060. The van der Waals surface area contributed by atoms with Crippen LogP contribution in [0.1, 0.15) is 63.9 Å². The van der Waals surface area contributed by atoms with Crippen LogP contribution in [0.3, 0.4) is 0 Å². The van der Waals surface area contributed by atoms with Crippen molar-refractivity contribution in [3.8, 4) is 11.5 Å². The molecule has 2 aliphatic carbocycles. The molecule has 2 aliphatic rings. The average molecular weight is 659 g/mol. The summed E-state index contributed by atoms with van der Waals surface area (Å²) in [5, 5.41) is 33.1. The first-order valence-electron chi connectivity index (χ1n) is 13.4. The molecule has 1 aromatic carbocycles. The van der Waals surface area contributed by atoms with Gasteiger partial charge in [0.15, 0.2) is 11.5 Å². The molecular formula is C28H39IN2O8. The Morgan fingerprint density at radius 3 is 2.49 bits per heavy atom. The minimum atomic E-state index is -1.14. The minimum Gasteiger partial charge on any atom is -0.493 e. The zero-order valence-electron chi connectivity index (χ0n) is 22.5. The molecule has 0 aliphatic heterocycles. The van der Waals surface area contributed by atoms with Crippen LogP contribution in [-0.4, -0.2) is 82.4 Å². The van der Waals surface area contributed by atoms with Crippen LogP contribution in [0.2, 0.25) is 0 Å². The van der Waals surface area contributed by atoms with E-state index in [1.54, 1.807) is 23.1 Å². The molecule has 1 saturated carbocycles. The van der Waals surface area contributed by atoms with Gasteiger partial charge in [-0.25, -0.2) is 0 Å². The van der Waals surface area contributed by atoms with Crippen LogP contribution in [0.15, 0.2) is 23.8 Å². The fourth-order valence-electron chi connectivity index (χ4n) is 5.32. The van der Waals surface area contributed by atoms with Crippen LogP contribution in [0, 0.1) is 3.57 Å². The van der Waals surface area contributed by atoms with E-state index in [0.717, 1.165) is 25.7 Å². The highest BCUT2D eigenvalue weighted by atomic mass is 127. The Morgan fingerprint density at radius 2 is 1.87 bits per heavy atom. The third-order valence-electron chi connectivity index (χ3n) is 7.22. The third-order valence-corrected chi connectivity index (χ3v) is 8.02. The van der Waals surface area contributed by atoms with Gasteiger partial charge >= 0.3 is 0 Å². The van der Waals surface area contributed by atoms with E-state index in [-0.39, 0.29) is 50.3 Å². The van der Waals surface area contributed by atoms with Gasteiger partial charge in [0.25, 0.3) is 0 Å². The average Bonchev–Trinajstić information content (AvgIpc) is 3.44. The second-order valence-corrected chi connectivity index (χ2v) is 11.2. The molecule has 0 aromatic heterocycles. The number of nitrogens with zero attached hydrogens (tertiary/aromatic N) is 1. The number of carbonyl (C=O) groups is 3. The molecule has 1 fully saturated rings. The summed E-state index contributed by atoms with van der Waals surface area (Å²) in [6, 6.07) is 2.59. The second-order valence-electron chi connectivity index (χ2n) is 10.1. The van der Waals surface area contributed by atoms with Crippen LogP contribution < -0.4 is 14.8 Å². The fraction of sp³-hybridized carbons (Fsp3) is 0.607. The predicted octanol–water partition coefficient (Wildman–Crippen LogP) is 2.24. The molecule has 10 nitrogen and oxygen atoms in total. The zero-order valence-corrected chi connectivity index (χ0v) is 24.7. The van der Waals surface area contributed by atoms with Gasteiger partial charge in [0.2, 0.25) is 11.8 Å². The van der Waals surface area contributed by atoms with Crippen molar-refractivity contribution in [3.05, 3.63) is 32.9 Å². The Kier molecular flexibility index (Phi) is 12.0. The molecule has 4 N–H and O–H groups in total. The van der Waals surface area contributed by atoms with Crippen molar-refractivity contribution in [2.45, 2.75) is 89.2 Å². The number of Topliss-reactive ketones (excluding diaryl/α,β-unsaturated/α-hetero) is 1. The number of carbonyl (C=O) groups excluding carboxylic acids is 3. The van der Waals surface area contributed by atoms with E-state index in [9.17, 15) is 29.7 Å². The summed E-state index contributed by atoms with van der Waals surface area (Å²) in [7, 11) is 1.48. The van der Waals surface area contributed by atoms with E-state index in [1.165, 1.54) is 14.0 Å². The molecular weight excluding hydrogens is 619 g/mol. The molecule has 0 spiro atoms. The second kappa shape index (κ2) is 15.0. The quantitative estimate of drug-likeness (QED) is 0.236. The summed E-state index contributed by atoms with van der Waals surface area (Å²) in [5.41, 5.74) is 0.984. The van der Waals surface area contributed by atoms with Crippen molar-refractivity contribution < 1.29 is 39.2 Å². The molecule has 0 bridgehead atoms. The largest absolute Gasteiger partial charge is 0.493 e. The molecule has 1 aromatic rings. The molecule has 0 saturated heterocycles. The van der Waals surface area contributed by atoms with Gasteiger partial charge in [0.1, 0.15) is 18.0 Å². The number of aliphatic hydroxyl groups excluding tert-OH is 3. The van der Waals surface area contributed by atoms with Gasteiger partial charge in [-0.05, 0) is 72.5 Å². The smallest absolute Gasteiger partial charge is 0.247 e. The van der Waals surface area contributed by atoms with E-state index in [0.29, 0.717) is 39.0 Å². The van der Waals surface area contributed by atoms with Gasteiger partial charge in [-0.2, -0.15) is 0 Å². The van der Waals surface area contributed by atoms with Gasteiger partial charge in [0.05, 0.1) is 29.9 Å². The molecule has 39 heavy (non-hydrogen) atoms. The lowest BCUT2D eigenvalue weighted by molar-refractivity contribution is -0.142. The summed E-state index contributed by atoms with van der Waals surface area (Å²) in [5.74, 6) is 0.187. The number of hydrogen-bond acceptors (Lipinski definition) is 8. The lowest BCUT2D eigenvalue weighted by Gasteiger charge is -2.43. The number of amides is 2. The van der Waals surface area contributed by atoms with Gasteiger partial charge in [-0.1, -0.05) is 12.8 Å². The summed E-state index contributed by atoms with van der Waals surface area (Å²) in [6.07, 6.45) is 4.02. The fourth-order valence-corrected chi connectivity index (χ4v) is 6.12. The SMILES string of the molecule is COc1cc(CO)cc(I)c1OC1C=C(C(=O)NCCO)CC(N(C(=O)CCCC(C)=O)C2CCCC2)C1O. The van der Waals surface area contributed by atoms with Crippen molar-refractivity contribution in [3.63, 3.8) is 0 Å². The molecule has 11 heteroatoms. The number of halogens is 1. The monoisotopic (exact) mass is 658 g/mol. The molecule has 3 rings (SSSR count). The van der Waals surface area contributed by atoms with Gasteiger partial charge in [-0.3, -0.25) is 9.59 Å². The maximum absolute atomic E-state index is 13.6. The first-order valence-corrected chi connectivity index (χ1v) is 14.5. The Labute approximate surface area is 242 Å². The Morgan fingerprint density at radius 1 is 1.15 bits per heavy atom. The van der Waals surface area contributed by atoms with E-state index >= 15 is 0 Å². The van der Waals surface area contributed by atoms with Crippen LogP contribution in [0.25, 0.3) is 0 Å². The maximum atomic E-state index is 13.6. The third kappa shape index (κ3) is 8.15. The van der Waals surface area contributed by atoms with Crippen LogP contribution in [0.5, 0.6) is 11.5 Å². The predicted molar refractivity (Wildman–Crippen MR) is 152 cm³/mol. The first-order chi connectivity index (χ1) is 18.7. The normalized spacial score (nSPS) is 21.3. The highest BCUT2D eigenvalue weighted by Gasteiger charge is 2.43. The Hall–Kier alpha value is -2.22. The van der Waals surface area contributed by atoms with Gasteiger partial charge in [0, 0.05) is 37.4 Å². The van der Waals surface area contributed by atoms with E-state index in [2.05, 4.69) is 27.9 Å². The molecule has 2 amide bonds. The number of hydrogen-bond donors (Lipinski definition) is 4. The first kappa shape index (κ1) is 31.3. The van der Waals surface area contributed by atoms with Crippen molar-refractivity contribution in [2.24, 2.45) is 0 Å². The number of methoxy groups -OCH3 is 1. The van der Waals surface area contributed by atoms with Crippen LogP contribution in [-0.2, 0) is 21.0 Å². The van der Waals surface area contributed by atoms with Crippen LogP contribution in [0.4, 0.5) is 0 Å². The number of rotatable bonds is 13. The summed E-state index contributed by atoms with van der Waals surface area (Å²) in [4.78, 5) is 39.8. The number of ether oxygens (including phenoxy) is 2. The van der Waals surface area contributed by atoms with Gasteiger partial charge in [-0.15, -0.1) is 0 Å². The van der Waals surface area contributed by atoms with Crippen molar-refractivity contribution in [1.82, 2.24) is 10.2 Å². The maximum Gasteiger partial charge on any atom is 0.247 e. The van der Waals surface area contributed by atoms with Crippen LogP contribution >= 0.6 is 22.6 Å². The molecule has 0 heterocycles. The van der Waals surface area contributed by atoms with Crippen molar-refractivity contribution in [1.29, 1.82) is 0 Å². The summed E-state index contributed by atoms with van der Waals surface area (Å²) in [6.45, 7) is 1.16.